The molecule has 3 N–H and O–H groups in total. The summed E-state index contributed by atoms with van der Waals surface area (Å²) < 4.78 is 0. The third-order valence-electron chi connectivity index (χ3n) is 2.10. The minimum Gasteiger partial charge on any atom is -0.481 e. The van der Waals surface area contributed by atoms with Crippen molar-refractivity contribution in [1.29, 1.82) is 0 Å². The van der Waals surface area contributed by atoms with E-state index < -0.39 is 5.97 Å². The molecule has 2 amide bonds. The molecule has 0 fully saturated rings. The number of carboxylic acids is 1. The van der Waals surface area contributed by atoms with Crippen LogP contribution in [0.15, 0.2) is 18.2 Å². The molecule has 0 saturated heterocycles. The maximum Gasteiger partial charge on any atom is 0.319 e. The Balaban J connectivity index is 2.21. The fraction of sp³-hybridized carbons (Fsp3) is 0.333. The van der Waals surface area contributed by atoms with E-state index in [9.17, 15) is 9.59 Å². The van der Waals surface area contributed by atoms with Gasteiger partial charge >= 0.3 is 12.0 Å². The van der Waals surface area contributed by atoms with Gasteiger partial charge in [0.15, 0.2) is 0 Å². The Hall–Kier alpha value is -1.11. The molecule has 20 heavy (non-hydrogen) atoms. The predicted molar refractivity (Wildman–Crippen MR) is 83.1 cm³/mol. The van der Waals surface area contributed by atoms with Crippen LogP contribution in [0.3, 0.4) is 0 Å². The van der Waals surface area contributed by atoms with E-state index >= 15 is 0 Å². The Labute approximate surface area is 131 Å². The first-order valence-corrected chi connectivity index (χ1v) is 7.69. The Bertz CT molecular complexity index is 466. The molecule has 1 rings (SSSR count). The second-order valence-corrected chi connectivity index (χ2v) is 5.82. The first-order chi connectivity index (χ1) is 9.47. The highest BCUT2D eigenvalue weighted by atomic mass is 35.5. The minimum atomic E-state index is -0.835. The molecular formula is C12H14Cl2N2O3S. The van der Waals surface area contributed by atoms with Crippen LogP contribution in [0.25, 0.3) is 0 Å². The normalized spacial score (nSPS) is 10.1. The van der Waals surface area contributed by atoms with Gasteiger partial charge in [0.1, 0.15) is 0 Å². The smallest absolute Gasteiger partial charge is 0.319 e. The van der Waals surface area contributed by atoms with Crippen molar-refractivity contribution < 1.29 is 14.7 Å². The topological polar surface area (TPSA) is 78.4 Å². The molecule has 0 saturated carbocycles. The molecule has 0 heterocycles. The molecule has 0 aliphatic carbocycles. The summed E-state index contributed by atoms with van der Waals surface area (Å²) in [7, 11) is 0. The lowest BCUT2D eigenvalue weighted by Gasteiger charge is -2.08. The largest absolute Gasteiger partial charge is 0.481 e. The van der Waals surface area contributed by atoms with Gasteiger partial charge in [-0.2, -0.15) is 11.8 Å². The van der Waals surface area contributed by atoms with Gasteiger partial charge in [0.25, 0.3) is 0 Å². The van der Waals surface area contributed by atoms with Crippen LogP contribution in [0.1, 0.15) is 6.42 Å². The van der Waals surface area contributed by atoms with E-state index in [1.165, 1.54) is 11.8 Å². The van der Waals surface area contributed by atoms with Gasteiger partial charge in [0.2, 0.25) is 0 Å². The van der Waals surface area contributed by atoms with Gasteiger partial charge in [-0.05, 0) is 30.4 Å². The molecule has 1 aromatic carbocycles. The fourth-order valence-corrected chi connectivity index (χ4v) is 2.53. The van der Waals surface area contributed by atoms with E-state index in [1.807, 2.05) is 0 Å². The number of rotatable bonds is 7. The van der Waals surface area contributed by atoms with Crippen LogP contribution < -0.4 is 10.6 Å². The summed E-state index contributed by atoms with van der Waals surface area (Å²) in [6, 6.07) is 4.41. The molecule has 0 radical (unpaired) electrons. The average molecular weight is 337 g/mol. The number of urea groups is 1. The van der Waals surface area contributed by atoms with Gasteiger partial charge in [-0.3, -0.25) is 4.79 Å². The van der Waals surface area contributed by atoms with Crippen molar-refractivity contribution in [1.82, 2.24) is 5.32 Å². The van der Waals surface area contributed by atoms with Crippen molar-refractivity contribution in [2.75, 3.05) is 23.4 Å². The standard InChI is InChI=1S/C12H14Cl2N2O3S/c13-8-4-9(14)6-10(5-8)16-12(19)15-2-1-3-20-7-11(17)18/h4-6H,1-3,7H2,(H,17,18)(H2,15,16,19). The zero-order valence-corrected chi connectivity index (χ0v) is 12.8. The van der Waals surface area contributed by atoms with Crippen molar-refractivity contribution >= 4 is 52.7 Å². The molecule has 110 valence electrons. The zero-order valence-electron chi connectivity index (χ0n) is 10.5. The van der Waals surface area contributed by atoms with Crippen LogP contribution in [0.4, 0.5) is 10.5 Å². The van der Waals surface area contributed by atoms with E-state index in [1.54, 1.807) is 18.2 Å². The van der Waals surface area contributed by atoms with Gasteiger partial charge in [-0.15, -0.1) is 0 Å². The van der Waals surface area contributed by atoms with E-state index in [4.69, 9.17) is 28.3 Å². The number of amides is 2. The Morgan fingerprint density at radius 2 is 1.85 bits per heavy atom. The Morgan fingerprint density at radius 3 is 2.45 bits per heavy atom. The van der Waals surface area contributed by atoms with E-state index in [-0.39, 0.29) is 11.8 Å². The molecule has 0 aliphatic heterocycles. The molecule has 0 aromatic heterocycles. The number of carboxylic acid groups (broad SMARTS) is 1. The molecule has 0 aliphatic rings. The number of carbonyl (C=O) groups is 2. The zero-order chi connectivity index (χ0) is 15.0. The summed E-state index contributed by atoms with van der Waals surface area (Å²) in [4.78, 5) is 21.8. The number of anilines is 1. The lowest BCUT2D eigenvalue weighted by molar-refractivity contribution is -0.133. The van der Waals surface area contributed by atoms with Crippen LogP contribution in [0.5, 0.6) is 0 Å². The molecule has 8 heteroatoms. The van der Waals surface area contributed by atoms with Crippen LogP contribution in [0.2, 0.25) is 10.0 Å². The first kappa shape index (κ1) is 16.9. The fourth-order valence-electron chi connectivity index (χ4n) is 1.34. The van der Waals surface area contributed by atoms with Crippen LogP contribution >= 0.6 is 35.0 Å². The third-order valence-corrected chi connectivity index (χ3v) is 3.56. The highest BCUT2D eigenvalue weighted by molar-refractivity contribution is 7.99. The second-order valence-electron chi connectivity index (χ2n) is 3.84. The number of hydrogen-bond donors (Lipinski definition) is 3. The SMILES string of the molecule is O=C(O)CSCCCNC(=O)Nc1cc(Cl)cc(Cl)c1. The summed E-state index contributed by atoms with van der Waals surface area (Å²) >= 11 is 12.9. The average Bonchev–Trinajstić information content (AvgIpc) is 2.31. The highest BCUT2D eigenvalue weighted by Crippen LogP contribution is 2.22. The molecule has 0 bridgehead atoms. The second kappa shape index (κ2) is 8.94. The number of thioether (sulfide) groups is 1. The Morgan fingerprint density at radius 1 is 1.20 bits per heavy atom. The summed E-state index contributed by atoms with van der Waals surface area (Å²) in [5, 5.41) is 14.6. The summed E-state index contributed by atoms with van der Waals surface area (Å²) in [5.41, 5.74) is 0.514. The number of halogens is 2. The number of nitrogens with one attached hydrogen (secondary N) is 2. The van der Waals surface area contributed by atoms with Crippen molar-refractivity contribution in [3.63, 3.8) is 0 Å². The summed E-state index contributed by atoms with van der Waals surface area (Å²) in [6.07, 6.45) is 0.696. The molecule has 1 aromatic rings. The maximum absolute atomic E-state index is 11.6. The van der Waals surface area contributed by atoms with Crippen molar-refractivity contribution in [3.8, 4) is 0 Å². The van der Waals surface area contributed by atoms with Gasteiger partial charge < -0.3 is 15.7 Å². The molecule has 0 spiro atoms. The summed E-state index contributed by atoms with van der Waals surface area (Å²) in [6.45, 7) is 0.465. The van der Waals surface area contributed by atoms with E-state index in [0.717, 1.165) is 0 Å². The maximum atomic E-state index is 11.6. The molecule has 0 unspecified atom stereocenters. The van der Waals surface area contributed by atoms with Gasteiger partial charge in [-0.1, -0.05) is 23.2 Å². The van der Waals surface area contributed by atoms with Crippen molar-refractivity contribution in [2.45, 2.75) is 6.42 Å². The number of hydrogen-bond acceptors (Lipinski definition) is 3. The van der Waals surface area contributed by atoms with Crippen LogP contribution in [-0.4, -0.2) is 35.2 Å². The predicted octanol–water partition coefficient (Wildman–Crippen LogP) is 3.32. The van der Waals surface area contributed by atoms with E-state index in [2.05, 4.69) is 10.6 Å². The molecular weight excluding hydrogens is 323 g/mol. The van der Waals surface area contributed by atoms with E-state index in [0.29, 0.717) is 34.5 Å². The summed E-state index contributed by atoms with van der Waals surface area (Å²) in [5.74, 6) is -0.0819. The number of carbonyl (C=O) groups excluding carboxylic acids is 1. The highest BCUT2D eigenvalue weighted by Gasteiger charge is 2.03. The van der Waals surface area contributed by atoms with Crippen LogP contribution in [-0.2, 0) is 4.79 Å². The molecule has 0 atom stereocenters. The van der Waals surface area contributed by atoms with Gasteiger partial charge in [0.05, 0.1) is 5.75 Å². The Kier molecular flexibility index (Phi) is 7.58. The lowest BCUT2D eigenvalue weighted by Crippen LogP contribution is -2.29. The number of aliphatic carboxylic acids is 1. The monoisotopic (exact) mass is 336 g/mol. The van der Waals surface area contributed by atoms with Crippen LogP contribution in [0, 0.1) is 0 Å². The third kappa shape index (κ3) is 7.47. The van der Waals surface area contributed by atoms with Crippen molar-refractivity contribution in [3.05, 3.63) is 28.2 Å². The van der Waals surface area contributed by atoms with Gasteiger partial charge in [0, 0.05) is 22.3 Å². The quantitative estimate of drug-likeness (QED) is 0.667. The minimum absolute atomic E-state index is 0.0766. The first-order valence-electron chi connectivity index (χ1n) is 5.78. The lowest BCUT2D eigenvalue weighted by atomic mass is 10.3. The molecule has 5 nitrogen and oxygen atoms in total. The number of benzene rings is 1. The van der Waals surface area contributed by atoms with Crippen molar-refractivity contribution in [2.24, 2.45) is 0 Å². The van der Waals surface area contributed by atoms with Gasteiger partial charge in [-0.25, -0.2) is 4.79 Å².